The maximum absolute atomic E-state index is 8.92. The van der Waals surface area contributed by atoms with E-state index < -0.39 is 0 Å². The second-order valence-corrected chi connectivity index (χ2v) is 4.10. The van der Waals surface area contributed by atoms with Gasteiger partial charge >= 0.3 is 0 Å². The maximum Gasteiger partial charge on any atom is 0.170 e. The number of halogens is 1. The summed E-state index contributed by atoms with van der Waals surface area (Å²) in [6.07, 6.45) is 0. The largest absolute Gasteiger partial charge is 0.496 e. The Bertz CT molecular complexity index is 496. The Hall–Kier alpha value is -1.33. The molecule has 0 unspecified atom stereocenters. The number of hydrogen-bond donors (Lipinski definition) is 1. The van der Waals surface area contributed by atoms with Crippen LogP contribution in [0.5, 0.6) is 5.75 Å². The van der Waals surface area contributed by atoms with Crippen LogP contribution in [0.4, 0.5) is 0 Å². The van der Waals surface area contributed by atoms with Crippen LogP contribution in [0.1, 0.15) is 5.69 Å². The summed E-state index contributed by atoms with van der Waals surface area (Å²) in [4.78, 5) is 0. The molecule has 2 rings (SSSR count). The monoisotopic (exact) mass is 283 g/mol. The fraction of sp³-hybridized carbons (Fsp3) is 0.182. The Balaban J connectivity index is 2.49. The van der Waals surface area contributed by atoms with E-state index in [0.29, 0.717) is 17.2 Å². The highest BCUT2D eigenvalue weighted by atomic mass is 79.9. The summed E-state index contributed by atoms with van der Waals surface area (Å²) in [5.41, 5.74) is 1.29. The number of aliphatic hydroxyl groups is 1. The summed E-state index contributed by atoms with van der Waals surface area (Å²) < 4.78 is 11.3. The summed E-state index contributed by atoms with van der Waals surface area (Å²) >= 11 is 3.38. The smallest absolute Gasteiger partial charge is 0.170 e. The van der Waals surface area contributed by atoms with E-state index in [4.69, 9.17) is 14.4 Å². The van der Waals surface area contributed by atoms with Crippen molar-refractivity contribution in [3.8, 4) is 17.1 Å². The lowest BCUT2D eigenvalue weighted by atomic mass is 10.1. The van der Waals surface area contributed by atoms with E-state index in [1.807, 2.05) is 18.2 Å². The molecule has 0 aliphatic heterocycles. The molecule has 1 aromatic heterocycles. The van der Waals surface area contributed by atoms with Gasteiger partial charge in [0.05, 0.1) is 19.3 Å². The van der Waals surface area contributed by atoms with Crippen molar-refractivity contribution in [2.45, 2.75) is 6.61 Å². The number of nitrogens with zero attached hydrogens (tertiary/aromatic N) is 1. The number of ether oxygens (including phenoxy) is 1. The molecule has 0 aliphatic carbocycles. The molecule has 84 valence electrons. The van der Waals surface area contributed by atoms with Crippen molar-refractivity contribution in [2.24, 2.45) is 0 Å². The van der Waals surface area contributed by atoms with Gasteiger partial charge in [-0.25, -0.2) is 0 Å². The van der Waals surface area contributed by atoms with Crippen LogP contribution < -0.4 is 4.74 Å². The lowest BCUT2D eigenvalue weighted by Crippen LogP contribution is -1.86. The molecule has 2 aromatic rings. The highest BCUT2D eigenvalue weighted by molar-refractivity contribution is 9.10. The summed E-state index contributed by atoms with van der Waals surface area (Å²) in [6.45, 7) is -0.139. The molecule has 4 nitrogen and oxygen atoms in total. The normalized spacial score (nSPS) is 10.4. The molecule has 0 bridgehead atoms. The first-order valence-corrected chi connectivity index (χ1v) is 5.44. The lowest BCUT2D eigenvalue weighted by Gasteiger charge is -2.05. The van der Waals surface area contributed by atoms with Gasteiger partial charge in [0.1, 0.15) is 11.4 Å². The molecular formula is C11H10BrNO3. The third-order valence-corrected chi connectivity index (χ3v) is 2.64. The minimum Gasteiger partial charge on any atom is -0.496 e. The number of methoxy groups -OCH3 is 1. The van der Waals surface area contributed by atoms with Gasteiger partial charge in [-0.2, -0.15) is 0 Å². The Morgan fingerprint density at radius 2 is 2.25 bits per heavy atom. The fourth-order valence-electron chi connectivity index (χ4n) is 1.39. The van der Waals surface area contributed by atoms with Crippen molar-refractivity contribution in [1.82, 2.24) is 5.16 Å². The second-order valence-electron chi connectivity index (χ2n) is 3.19. The van der Waals surface area contributed by atoms with Crippen molar-refractivity contribution in [3.63, 3.8) is 0 Å². The molecule has 0 atom stereocenters. The molecule has 1 heterocycles. The van der Waals surface area contributed by atoms with Gasteiger partial charge in [-0.3, -0.25) is 0 Å². The summed E-state index contributed by atoms with van der Waals surface area (Å²) in [5.74, 6) is 1.27. The van der Waals surface area contributed by atoms with Gasteiger partial charge in [0.2, 0.25) is 0 Å². The summed E-state index contributed by atoms with van der Waals surface area (Å²) in [5, 5.41) is 12.6. The second kappa shape index (κ2) is 4.67. The highest BCUT2D eigenvalue weighted by Crippen LogP contribution is 2.32. The molecule has 0 saturated heterocycles. The number of aromatic nitrogens is 1. The van der Waals surface area contributed by atoms with Crippen LogP contribution in [0.3, 0.4) is 0 Å². The van der Waals surface area contributed by atoms with Gasteiger partial charge < -0.3 is 14.4 Å². The molecule has 0 amide bonds. The van der Waals surface area contributed by atoms with Crippen LogP contribution in [0, 0.1) is 0 Å². The number of rotatable bonds is 3. The van der Waals surface area contributed by atoms with Crippen LogP contribution in [0.2, 0.25) is 0 Å². The maximum atomic E-state index is 8.92. The van der Waals surface area contributed by atoms with E-state index in [2.05, 4.69) is 21.1 Å². The number of hydrogen-bond acceptors (Lipinski definition) is 4. The zero-order valence-corrected chi connectivity index (χ0v) is 10.2. The summed E-state index contributed by atoms with van der Waals surface area (Å²) in [7, 11) is 1.59. The van der Waals surface area contributed by atoms with Crippen molar-refractivity contribution in [1.29, 1.82) is 0 Å². The van der Waals surface area contributed by atoms with Crippen LogP contribution in [0.25, 0.3) is 11.3 Å². The van der Waals surface area contributed by atoms with Gasteiger partial charge in [0.15, 0.2) is 5.76 Å². The van der Waals surface area contributed by atoms with E-state index in [1.54, 1.807) is 13.2 Å². The van der Waals surface area contributed by atoms with Crippen LogP contribution in [-0.2, 0) is 6.61 Å². The molecule has 0 fully saturated rings. The van der Waals surface area contributed by atoms with Gasteiger partial charge in [0, 0.05) is 10.5 Å². The van der Waals surface area contributed by atoms with Gasteiger partial charge in [-0.15, -0.1) is 0 Å². The van der Waals surface area contributed by atoms with E-state index >= 15 is 0 Å². The standard InChI is InChI=1S/C11H10BrNO3/c1-15-10-3-2-7(12)4-9(10)11-5-8(6-14)13-16-11/h2-5,14H,6H2,1H3. The quantitative estimate of drug-likeness (QED) is 0.941. The number of benzene rings is 1. The van der Waals surface area contributed by atoms with E-state index in [1.165, 1.54) is 0 Å². The highest BCUT2D eigenvalue weighted by Gasteiger charge is 2.11. The Morgan fingerprint density at radius 1 is 1.44 bits per heavy atom. The minimum atomic E-state index is -0.139. The summed E-state index contributed by atoms with van der Waals surface area (Å²) in [6, 6.07) is 7.27. The third kappa shape index (κ3) is 2.10. The molecule has 1 N–H and O–H groups in total. The van der Waals surface area contributed by atoms with Crippen LogP contribution >= 0.6 is 15.9 Å². The SMILES string of the molecule is COc1ccc(Br)cc1-c1cc(CO)no1. The van der Waals surface area contributed by atoms with Gasteiger partial charge in [-0.05, 0) is 18.2 Å². The van der Waals surface area contributed by atoms with E-state index in [9.17, 15) is 0 Å². The minimum absolute atomic E-state index is 0.139. The first-order valence-electron chi connectivity index (χ1n) is 4.65. The molecule has 0 aliphatic rings. The average Bonchev–Trinajstić information content (AvgIpc) is 2.77. The molecule has 16 heavy (non-hydrogen) atoms. The Morgan fingerprint density at radius 3 is 2.88 bits per heavy atom. The third-order valence-electron chi connectivity index (χ3n) is 2.15. The molecular weight excluding hydrogens is 274 g/mol. The van der Waals surface area contributed by atoms with Crippen molar-refractivity contribution < 1.29 is 14.4 Å². The zero-order valence-electron chi connectivity index (χ0n) is 8.61. The predicted octanol–water partition coefficient (Wildman–Crippen LogP) is 2.61. The number of aliphatic hydroxyl groups excluding tert-OH is 1. The first-order chi connectivity index (χ1) is 7.74. The van der Waals surface area contributed by atoms with E-state index in [0.717, 1.165) is 10.0 Å². The Labute approximate surface area is 101 Å². The van der Waals surface area contributed by atoms with Crippen molar-refractivity contribution in [2.75, 3.05) is 7.11 Å². The van der Waals surface area contributed by atoms with Crippen molar-refractivity contribution in [3.05, 3.63) is 34.4 Å². The average molecular weight is 284 g/mol. The molecule has 5 heteroatoms. The van der Waals surface area contributed by atoms with E-state index in [-0.39, 0.29) is 6.61 Å². The topological polar surface area (TPSA) is 55.5 Å². The zero-order chi connectivity index (χ0) is 11.5. The fourth-order valence-corrected chi connectivity index (χ4v) is 1.75. The van der Waals surface area contributed by atoms with Crippen LogP contribution in [-0.4, -0.2) is 17.4 Å². The van der Waals surface area contributed by atoms with Gasteiger partial charge in [-0.1, -0.05) is 21.1 Å². The first kappa shape index (κ1) is 11.2. The van der Waals surface area contributed by atoms with Crippen LogP contribution in [0.15, 0.2) is 33.3 Å². The molecule has 0 saturated carbocycles. The molecule has 1 aromatic carbocycles. The molecule has 0 spiro atoms. The lowest BCUT2D eigenvalue weighted by molar-refractivity contribution is 0.267. The molecule has 0 radical (unpaired) electrons. The van der Waals surface area contributed by atoms with Gasteiger partial charge in [0.25, 0.3) is 0 Å². The Kier molecular flexibility index (Phi) is 3.26. The predicted molar refractivity (Wildman–Crippen MR) is 62.1 cm³/mol. The van der Waals surface area contributed by atoms with Crippen molar-refractivity contribution >= 4 is 15.9 Å².